The lowest BCUT2D eigenvalue weighted by Crippen LogP contribution is -2.37. The summed E-state index contributed by atoms with van der Waals surface area (Å²) in [4.78, 5) is 2.27. The number of hydrazine groups is 1. The highest BCUT2D eigenvalue weighted by Crippen LogP contribution is 2.31. The first-order valence-electron chi connectivity index (χ1n) is 7.44. The first kappa shape index (κ1) is 16.7. The zero-order valence-corrected chi connectivity index (χ0v) is 13.6. The third-order valence-electron chi connectivity index (χ3n) is 3.47. The van der Waals surface area contributed by atoms with Gasteiger partial charge >= 0.3 is 0 Å². The summed E-state index contributed by atoms with van der Waals surface area (Å²) in [6.07, 6.45) is 0.735. The van der Waals surface area contributed by atoms with Crippen molar-refractivity contribution in [3.05, 3.63) is 53.8 Å². The topological polar surface area (TPSA) is 76.7 Å². The molecule has 0 bridgehead atoms. The SMILES string of the molecule is O=S(=O)(NNCc1ccccc1F)c1ccc2c(c1)OCCCO2. The third-order valence-corrected chi connectivity index (χ3v) is 4.76. The minimum Gasteiger partial charge on any atom is -0.490 e. The Balaban J connectivity index is 1.69. The van der Waals surface area contributed by atoms with E-state index in [1.807, 2.05) is 0 Å². The van der Waals surface area contributed by atoms with Crippen LogP contribution in [0.2, 0.25) is 0 Å². The number of sulfonamides is 1. The molecule has 2 N–H and O–H groups in total. The highest BCUT2D eigenvalue weighted by atomic mass is 32.2. The number of benzene rings is 2. The first-order chi connectivity index (χ1) is 11.6. The van der Waals surface area contributed by atoms with Crippen LogP contribution in [-0.2, 0) is 16.6 Å². The van der Waals surface area contributed by atoms with Crippen LogP contribution in [0.5, 0.6) is 11.5 Å². The Labute approximate surface area is 139 Å². The first-order valence-corrected chi connectivity index (χ1v) is 8.92. The molecule has 1 heterocycles. The van der Waals surface area contributed by atoms with E-state index in [0.29, 0.717) is 30.3 Å². The van der Waals surface area contributed by atoms with Gasteiger partial charge in [-0.2, -0.15) is 0 Å². The number of fused-ring (bicyclic) bond motifs is 1. The van der Waals surface area contributed by atoms with E-state index in [0.717, 1.165) is 6.42 Å². The van der Waals surface area contributed by atoms with E-state index in [-0.39, 0.29) is 11.4 Å². The zero-order valence-electron chi connectivity index (χ0n) is 12.8. The molecule has 0 fully saturated rings. The van der Waals surface area contributed by atoms with E-state index in [4.69, 9.17) is 9.47 Å². The smallest absolute Gasteiger partial charge is 0.253 e. The molecule has 0 atom stereocenters. The second-order valence-corrected chi connectivity index (χ2v) is 6.89. The molecule has 0 aliphatic carbocycles. The van der Waals surface area contributed by atoms with E-state index in [1.54, 1.807) is 24.3 Å². The molecule has 24 heavy (non-hydrogen) atoms. The predicted molar refractivity (Wildman–Crippen MR) is 85.6 cm³/mol. The van der Waals surface area contributed by atoms with Gasteiger partial charge in [0.05, 0.1) is 18.1 Å². The Hall–Kier alpha value is -2.16. The van der Waals surface area contributed by atoms with Gasteiger partial charge in [-0.05, 0) is 18.2 Å². The average Bonchev–Trinajstić information content (AvgIpc) is 2.81. The molecular formula is C16H17FN2O4S. The molecular weight excluding hydrogens is 335 g/mol. The maximum Gasteiger partial charge on any atom is 0.253 e. The molecule has 0 saturated carbocycles. The minimum atomic E-state index is -3.81. The molecule has 0 spiro atoms. The van der Waals surface area contributed by atoms with Gasteiger partial charge in [0.2, 0.25) is 0 Å². The summed E-state index contributed by atoms with van der Waals surface area (Å²) in [6.45, 7) is 1.02. The largest absolute Gasteiger partial charge is 0.490 e. The number of rotatable bonds is 5. The van der Waals surface area contributed by atoms with Crippen LogP contribution in [0.4, 0.5) is 4.39 Å². The Morgan fingerprint density at radius 3 is 2.58 bits per heavy atom. The molecule has 6 nitrogen and oxygen atoms in total. The maximum absolute atomic E-state index is 13.5. The molecule has 2 aromatic rings. The summed E-state index contributed by atoms with van der Waals surface area (Å²) in [6, 6.07) is 10.5. The molecule has 3 rings (SSSR count). The van der Waals surface area contributed by atoms with Gasteiger partial charge in [0, 0.05) is 24.6 Å². The van der Waals surface area contributed by atoms with E-state index in [2.05, 4.69) is 10.3 Å². The molecule has 0 unspecified atom stereocenters. The number of halogens is 1. The molecule has 8 heteroatoms. The monoisotopic (exact) mass is 352 g/mol. The standard InChI is InChI=1S/C16H17FN2O4S/c17-14-5-2-1-4-12(14)11-18-19-24(20,21)13-6-7-15-16(10-13)23-9-3-8-22-15/h1-2,4-7,10,18-19H,3,8-9,11H2. The van der Waals surface area contributed by atoms with Gasteiger partial charge in [0.25, 0.3) is 10.0 Å². The van der Waals surface area contributed by atoms with E-state index >= 15 is 0 Å². The summed E-state index contributed by atoms with van der Waals surface area (Å²) >= 11 is 0. The molecule has 0 amide bonds. The second kappa shape index (κ2) is 7.16. The van der Waals surface area contributed by atoms with Crippen LogP contribution >= 0.6 is 0 Å². The fraction of sp³-hybridized carbons (Fsp3) is 0.250. The zero-order chi connectivity index (χ0) is 17.0. The summed E-state index contributed by atoms with van der Waals surface area (Å²) < 4.78 is 49.1. The van der Waals surface area contributed by atoms with E-state index in [1.165, 1.54) is 18.2 Å². The fourth-order valence-corrected chi connectivity index (χ4v) is 3.13. The van der Waals surface area contributed by atoms with Crippen molar-refractivity contribution < 1.29 is 22.3 Å². The van der Waals surface area contributed by atoms with Crippen molar-refractivity contribution in [1.29, 1.82) is 0 Å². The van der Waals surface area contributed by atoms with Crippen molar-refractivity contribution in [2.24, 2.45) is 0 Å². The summed E-state index contributed by atoms with van der Waals surface area (Å²) in [5, 5.41) is 0. The van der Waals surface area contributed by atoms with Crippen molar-refractivity contribution in [1.82, 2.24) is 10.3 Å². The quantitative estimate of drug-likeness (QED) is 0.805. The van der Waals surface area contributed by atoms with Crippen molar-refractivity contribution in [2.45, 2.75) is 17.9 Å². The number of ether oxygens (including phenoxy) is 2. The molecule has 2 aromatic carbocycles. The molecule has 1 aliphatic rings. The molecule has 0 aromatic heterocycles. The number of nitrogens with one attached hydrogen (secondary N) is 2. The lowest BCUT2D eigenvalue weighted by atomic mass is 10.2. The molecule has 128 valence electrons. The Bertz CT molecular complexity index is 827. The molecule has 0 saturated heterocycles. The minimum absolute atomic E-state index is 0.0243. The normalized spacial score (nSPS) is 14.2. The summed E-state index contributed by atoms with van der Waals surface area (Å²) in [5.74, 6) is 0.509. The van der Waals surface area contributed by atoms with Crippen molar-refractivity contribution in [2.75, 3.05) is 13.2 Å². The predicted octanol–water partition coefficient (Wildman–Crippen LogP) is 1.97. The van der Waals surface area contributed by atoms with Crippen LogP contribution in [0.15, 0.2) is 47.4 Å². The highest BCUT2D eigenvalue weighted by Gasteiger charge is 2.18. The van der Waals surface area contributed by atoms with Crippen LogP contribution in [-0.4, -0.2) is 21.6 Å². The third kappa shape index (κ3) is 3.84. The van der Waals surface area contributed by atoms with E-state index in [9.17, 15) is 12.8 Å². The Morgan fingerprint density at radius 1 is 1.04 bits per heavy atom. The molecule has 0 radical (unpaired) electrons. The van der Waals surface area contributed by atoms with Gasteiger partial charge in [-0.3, -0.25) is 0 Å². The van der Waals surface area contributed by atoms with E-state index < -0.39 is 15.8 Å². The second-order valence-electron chi connectivity index (χ2n) is 5.21. The highest BCUT2D eigenvalue weighted by molar-refractivity contribution is 7.89. The van der Waals surface area contributed by atoms with Crippen LogP contribution in [0.3, 0.4) is 0 Å². The summed E-state index contributed by atoms with van der Waals surface area (Å²) in [5.41, 5.74) is 2.88. The average molecular weight is 352 g/mol. The van der Waals surface area contributed by atoms with Gasteiger partial charge in [0.15, 0.2) is 11.5 Å². The van der Waals surface area contributed by atoms with Crippen LogP contribution < -0.4 is 19.7 Å². The lowest BCUT2D eigenvalue weighted by Gasteiger charge is -2.11. The van der Waals surface area contributed by atoms with Gasteiger partial charge in [-0.15, -0.1) is 4.83 Å². The van der Waals surface area contributed by atoms with Crippen LogP contribution in [0.1, 0.15) is 12.0 Å². The summed E-state index contributed by atoms with van der Waals surface area (Å²) in [7, 11) is -3.81. The van der Waals surface area contributed by atoms with Gasteiger partial charge < -0.3 is 9.47 Å². The number of hydrogen-bond acceptors (Lipinski definition) is 5. The number of hydrogen-bond donors (Lipinski definition) is 2. The Morgan fingerprint density at radius 2 is 1.79 bits per heavy atom. The van der Waals surface area contributed by atoms with Crippen molar-refractivity contribution >= 4 is 10.0 Å². The molecule has 1 aliphatic heterocycles. The van der Waals surface area contributed by atoms with Crippen molar-refractivity contribution in [3.8, 4) is 11.5 Å². The van der Waals surface area contributed by atoms with Gasteiger partial charge in [-0.25, -0.2) is 18.2 Å². The Kier molecular flexibility index (Phi) is 4.98. The van der Waals surface area contributed by atoms with Crippen LogP contribution in [0.25, 0.3) is 0 Å². The lowest BCUT2D eigenvalue weighted by molar-refractivity contribution is 0.297. The van der Waals surface area contributed by atoms with Crippen molar-refractivity contribution in [3.63, 3.8) is 0 Å². The van der Waals surface area contributed by atoms with Gasteiger partial charge in [-0.1, -0.05) is 18.2 Å². The van der Waals surface area contributed by atoms with Gasteiger partial charge in [0.1, 0.15) is 5.82 Å². The van der Waals surface area contributed by atoms with Crippen LogP contribution in [0, 0.1) is 5.82 Å². The maximum atomic E-state index is 13.5. The fourth-order valence-electron chi connectivity index (χ4n) is 2.24.